The van der Waals surface area contributed by atoms with Gasteiger partial charge in [-0.25, -0.2) is 8.42 Å². The van der Waals surface area contributed by atoms with E-state index in [2.05, 4.69) is 11.4 Å². The fraction of sp³-hybridized carbons (Fsp3) is 0.320. The topological polar surface area (TPSA) is 76.4 Å². The molecule has 0 spiro atoms. The van der Waals surface area contributed by atoms with E-state index in [0.29, 0.717) is 5.76 Å². The SMILES string of the molecule is Cc1ccc(C(NC(=O)C2(c3ccc4c(c3)CS(=O)(=O)C4)CC2)c2ccc(Cl)o2)c(C)c1. The molecule has 0 bridgehead atoms. The summed E-state index contributed by atoms with van der Waals surface area (Å²) in [5, 5.41) is 3.47. The highest BCUT2D eigenvalue weighted by molar-refractivity contribution is 7.90. The van der Waals surface area contributed by atoms with Crippen LogP contribution in [0.5, 0.6) is 0 Å². The van der Waals surface area contributed by atoms with Gasteiger partial charge in [0.15, 0.2) is 15.1 Å². The van der Waals surface area contributed by atoms with Crippen LogP contribution in [0.2, 0.25) is 5.22 Å². The molecule has 2 aromatic carbocycles. The monoisotopic (exact) mass is 469 g/mol. The molecule has 1 aromatic heterocycles. The van der Waals surface area contributed by atoms with Gasteiger partial charge < -0.3 is 9.73 Å². The molecule has 2 heterocycles. The zero-order valence-electron chi connectivity index (χ0n) is 17.9. The van der Waals surface area contributed by atoms with Crippen LogP contribution >= 0.6 is 11.6 Å². The van der Waals surface area contributed by atoms with Crippen molar-refractivity contribution >= 4 is 27.3 Å². The highest BCUT2D eigenvalue weighted by Gasteiger charge is 2.52. The first-order chi connectivity index (χ1) is 15.2. The van der Waals surface area contributed by atoms with Crippen LogP contribution in [-0.2, 0) is 31.6 Å². The zero-order valence-corrected chi connectivity index (χ0v) is 19.5. The van der Waals surface area contributed by atoms with E-state index in [-0.39, 0.29) is 22.6 Å². The molecule has 7 heteroatoms. The fourth-order valence-corrected chi connectivity index (χ4v) is 6.45. The average molecular weight is 470 g/mol. The normalized spacial score (nSPS) is 18.7. The van der Waals surface area contributed by atoms with Crippen molar-refractivity contribution in [2.75, 3.05) is 0 Å². The maximum atomic E-state index is 13.6. The summed E-state index contributed by atoms with van der Waals surface area (Å²) in [6, 6.07) is 14.8. The molecular formula is C25H24ClNO4S. The van der Waals surface area contributed by atoms with Gasteiger partial charge in [0.1, 0.15) is 11.8 Å². The van der Waals surface area contributed by atoms with Crippen molar-refractivity contribution in [3.63, 3.8) is 0 Å². The van der Waals surface area contributed by atoms with E-state index in [4.69, 9.17) is 16.0 Å². The molecule has 3 aromatic rings. The Bertz CT molecular complexity index is 1340. The van der Waals surface area contributed by atoms with Crippen LogP contribution < -0.4 is 5.32 Å². The van der Waals surface area contributed by atoms with Gasteiger partial charge in [0.2, 0.25) is 5.91 Å². The second-order valence-electron chi connectivity index (χ2n) is 9.01. The van der Waals surface area contributed by atoms with Gasteiger partial charge >= 0.3 is 0 Å². The molecule has 5 nitrogen and oxygen atoms in total. The number of hydrogen-bond donors (Lipinski definition) is 1. The Morgan fingerprint density at radius 2 is 1.78 bits per heavy atom. The third-order valence-corrected chi connectivity index (χ3v) is 8.29. The lowest BCUT2D eigenvalue weighted by Crippen LogP contribution is -2.38. The molecule has 1 aliphatic carbocycles. The number of nitrogens with one attached hydrogen (secondary N) is 1. The molecule has 0 saturated heterocycles. The van der Waals surface area contributed by atoms with E-state index in [1.807, 2.05) is 44.2 Å². The molecule has 1 fully saturated rings. The zero-order chi connectivity index (χ0) is 22.7. The predicted molar refractivity (Wildman–Crippen MR) is 123 cm³/mol. The minimum atomic E-state index is -3.09. The van der Waals surface area contributed by atoms with E-state index in [0.717, 1.165) is 46.2 Å². The third-order valence-electron chi connectivity index (χ3n) is 6.58. The molecule has 32 heavy (non-hydrogen) atoms. The van der Waals surface area contributed by atoms with Crippen molar-refractivity contribution in [2.45, 2.75) is 49.7 Å². The largest absolute Gasteiger partial charge is 0.447 e. The Hall–Kier alpha value is -2.57. The molecule has 1 aliphatic heterocycles. The number of fused-ring (bicyclic) bond motifs is 1. The summed E-state index contributed by atoms with van der Waals surface area (Å²) in [6.07, 6.45) is 1.45. The van der Waals surface area contributed by atoms with Gasteiger partial charge in [-0.1, -0.05) is 42.0 Å². The van der Waals surface area contributed by atoms with Gasteiger partial charge in [-0.05, 0) is 78.2 Å². The summed E-state index contributed by atoms with van der Waals surface area (Å²) in [5.74, 6) is 0.613. The second kappa shape index (κ2) is 7.49. The van der Waals surface area contributed by atoms with Crippen molar-refractivity contribution in [2.24, 2.45) is 0 Å². The predicted octanol–water partition coefficient (Wildman–Crippen LogP) is 4.92. The Morgan fingerprint density at radius 1 is 1.03 bits per heavy atom. The molecule has 0 radical (unpaired) electrons. The number of carbonyl (C=O) groups excluding carboxylic acids is 1. The molecule has 2 aliphatic rings. The van der Waals surface area contributed by atoms with Crippen molar-refractivity contribution < 1.29 is 17.6 Å². The number of rotatable bonds is 5. The van der Waals surface area contributed by atoms with Crippen LogP contribution in [-0.4, -0.2) is 14.3 Å². The number of aryl methyl sites for hydroxylation is 2. The number of hydrogen-bond acceptors (Lipinski definition) is 4. The summed E-state index contributed by atoms with van der Waals surface area (Å²) in [4.78, 5) is 13.6. The number of sulfone groups is 1. The van der Waals surface area contributed by atoms with Crippen LogP contribution in [0.3, 0.4) is 0 Å². The minimum Gasteiger partial charge on any atom is -0.447 e. The van der Waals surface area contributed by atoms with Crippen molar-refractivity contribution in [1.29, 1.82) is 0 Å². The Balaban J connectivity index is 1.48. The molecule has 166 valence electrons. The van der Waals surface area contributed by atoms with E-state index >= 15 is 0 Å². The Morgan fingerprint density at radius 3 is 2.44 bits per heavy atom. The number of benzene rings is 2. The molecule has 1 atom stereocenters. The highest BCUT2D eigenvalue weighted by atomic mass is 35.5. The summed E-state index contributed by atoms with van der Waals surface area (Å²) in [6.45, 7) is 4.04. The average Bonchev–Trinajstić information content (AvgIpc) is 3.32. The molecule has 1 unspecified atom stereocenters. The summed E-state index contributed by atoms with van der Waals surface area (Å²) >= 11 is 6.04. The van der Waals surface area contributed by atoms with Gasteiger partial charge in [0.05, 0.1) is 16.9 Å². The molecule has 1 saturated carbocycles. The number of halogens is 1. The van der Waals surface area contributed by atoms with Gasteiger partial charge in [0.25, 0.3) is 0 Å². The molecule has 1 amide bonds. The summed E-state index contributed by atoms with van der Waals surface area (Å²) in [7, 11) is -3.09. The Labute approximate surface area is 192 Å². The molecular weight excluding hydrogens is 446 g/mol. The lowest BCUT2D eigenvalue weighted by molar-refractivity contribution is -0.124. The van der Waals surface area contributed by atoms with Crippen molar-refractivity contribution in [1.82, 2.24) is 5.32 Å². The van der Waals surface area contributed by atoms with Crippen molar-refractivity contribution in [3.8, 4) is 0 Å². The van der Waals surface area contributed by atoms with Crippen LogP contribution in [0.1, 0.15) is 58.0 Å². The van der Waals surface area contributed by atoms with Crippen LogP contribution in [0.15, 0.2) is 52.9 Å². The van der Waals surface area contributed by atoms with E-state index in [1.54, 1.807) is 12.1 Å². The minimum absolute atomic E-state index is 0.0456. The smallest absolute Gasteiger partial charge is 0.231 e. The standard InChI is InChI=1S/C25H24ClNO4S/c1-15-3-6-20(16(2)11-15)23(21-7-8-22(26)31-21)27-24(28)25(9-10-25)19-5-4-17-13-32(29,30)14-18(17)12-19/h3-8,11-12,23H,9-10,13-14H2,1-2H3,(H,27,28). The van der Waals surface area contributed by atoms with Crippen LogP contribution in [0.25, 0.3) is 0 Å². The van der Waals surface area contributed by atoms with Gasteiger partial charge in [-0.15, -0.1) is 0 Å². The number of furan rings is 1. The first-order valence-electron chi connectivity index (χ1n) is 10.6. The Kier molecular flexibility index (Phi) is 4.98. The lowest BCUT2D eigenvalue weighted by Gasteiger charge is -2.24. The van der Waals surface area contributed by atoms with Gasteiger partial charge in [-0.2, -0.15) is 0 Å². The number of amides is 1. The summed E-state index contributed by atoms with van der Waals surface area (Å²) in [5.41, 5.74) is 5.02. The number of carbonyl (C=O) groups is 1. The third kappa shape index (κ3) is 3.76. The molecule has 5 rings (SSSR count). The maximum Gasteiger partial charge on any atom is 0.231 e. The maximum absolute atomic E-state index is 13.6. The van der Waals surface area contributed by atoms with E-state index in [9.17, 15) is 13.2 Å². The first-order valence-corrected chi connectivity index (χ1v) is 12.8. The lowest BCUT2D eigenvalue weighted by atomic mass is 9.90. The quantitative estimate of drug-likeness (QED) is 0.575. The first kappa shape index (κ1) is 21.3. The van der Waals surface area contributed by atoms with Crippen LogP contribution in [0.4, 0.5) is 0 Å². The van der Waals surface area contributed by atoms with E-state index in [1.165, 1.54) is 0 Å². The van der Waals surface area contributed by atoms with Gasteiger partial charge in [-0.3, -0.25) is 4.79 Å². The highest BCUT2D eigenvalue weighted by Crippen LogP contribution is 2.50. The van der Waals surface area contributed by atoms with Crippen LogP contribution in [0, 0.1) is 13.8 Å². The fourth-order valence-electron chi connectivity index (χ4n) is 4.70. The van der Waals surface area contributed by atoms with E-state index < -0.39 is 21.3 Å². The van der Waals surface area contributed by atoms with Gasteiger partial charge in [0, 0.05) is 0 Å². The van der Waals surface area contributed by atoms with Crippen molar-refractivity contribution in [3.05, 3.63) is 92.9 Å². The second-order valence-corrected chi connectivity index (χ2v) is 11.4. The summed E-state index contributed by atoms with van der Waals surface area (Å²) < 4.78 is 29.7. The molecule has 1 N–H and O–H groups in total.